The standard InChI is InChI=1S/C23H19NO3/c25-22-19-13-16-9-4-5-11-18(16)20(15-7-2-1-3-8-15)21(19)23(26)24(22)14-17-10-6-12-27-17/h1-5,7-9,11,13,17H,6,10,12,14H2/t17-/m0/s1. The molecule has 2 heterocycles. The lowest BCUT2D eigenvalue weighted by molar-refractivity contribution is 0.0476. The fourth-order valence-corrected chi connectivity index (χ4v) is 4.17. The van der Waals surface area contributed by atoms with Gasteiger partial charge in [0.25, 0.3) is 11.8 Å². The molecule has 4 heteroatoms. The van der Waals surface area contributed by atoms with Crippen LogP contribution in [0, 0.1) is 0 Å². The molecule has 0 radical (unpaired) electrons. The molecular formula is C23H19NO3. The summed E-state index contributed by atoms with van der Waals surface area (Å²) in [5, 5.41) is 1.96. The molecule has 3 aromatic carbocycles. The summed E-state index contributed by atoms with van der Waals surface area (Å²) in [5.74, 6) is -0.427. The third-order valence-corrected chi connectivity index (χ3v) is 5.46. The fourth-order valence-electron chi connectivity index (χ4n) is 4.17. The molecule has 0 spiro atoms. The fraction of sp³-hybridized carbons (Fsp3) is 0.217. The smallest absolute Gasteiger partial charge is 0.262 e. The van der Waals surface area contributed by atoms with Gasteiger partial charge in [0.15, 0.2) is 0 Å². The monoisotopic (exact) mass is 357 g/mol. The van der Waals surface area contributed by atoms with Gasteiger partial charge >= 0.3 is 0 Å². The third kappa shape index (κ3) is 2.56. The Morgan fingerprint density at radius 3 is 2.48 bits per heavy atom. The van der Waals surface area contributed by atoms with E-state index in [4.69, 9.17) is 4.74 Å². The number of hydrogen-bond donors (Lipinski definition) is 0. The average molecular weight is 357 g/mol. The zero-order valence-corrected chi connectivity index (χ0v) is 14.9. The molecule has 0 saturated carbocycles. The normalized spacial score (nSPS) is 19.1. The number of ether oxygens (including phenoxy) is 1. The Balaban J connectivity index is 1.71. The van der Waals surface area contributed by atoms with Gasteiger partial charge in [-0.05, 0) is 35.2 Å². The molecule has 0 aliphatic carbocycles. The van der Waals surface area contributed by atoms with E-state index in [1.807, 2.05) is 60.7 Å². The first-order chi connectivity index (χ1) is 13.2. The van der Waals surface area contributed by atoms with Crippen LogP contribution in [0.25, 0.3) is 21.9 Å². The Kier molecular flexibility index (Phi) is 3.80. The number of carbonyl (C=O) groups excluding carboxylic acids is 2. The summed E-state index contributed by atoms with van der Waals surface area (Å²) in [6.45, 7) is 1.03. The van der Waals surface area contributed by atoms with E-state index < -0.39 is 0 Å². The molecule has 134 valence electrons. The van der Waals surface area contributed by atoms with Crippen LogP contribution in [0.4, 0.5) is 0 Å². The van der Waals surface area contributed by atoms with E-state index in [0.717, 1.165) is 34.7 Å². The zero-order chi connectivity index (χ0) is 18.4. The van der Waals surface area contributed by atoms with Crippen LogP contribution in [0.5, 0.6) is 0 Å². The van der Waals surface area contributed by atoms with Crippen molar-refractivity contribution in [2.75, 3.05) is 13.2 Å². The summed E-state index contributed by atoms with van der Waals surface area (Å²) < 4.78 is 5.66. The maximum Gasteiger partial charge on any atom is 0.262 e. The number of imide groups is 1. The van der Waals surface area contributed by atoms with Crippen molar-refractivity contribution in [3.05, 3.63) is 71.8 Å². The molecule has 2 aliphatic rings. The van der Waals surface area contributed by atoms with Crippen LogP contribution in [-0.4, -0.2) is 36.0 Å². The van der Waals surface area contributed by atoms with Crippen molar-refractivity contribution in [3.63, 3.8) is 0 Å². The lowest BCUT2D eigenvalue weighted by atomic mass is 9.90. The van der Waals surface area contributed by atoms with Gasteiger partial charge in [-0.3, -0.25) is 14.5 Å². The summed E-state index contributed by atoms with van der Waals surface area (Å²) in [4.78, 5) is 27.7. The molecule has 1 fully saturated rings. The number of amides is 2. The van der Waals surface area contributed by atoms with Gasteiger partial charge in [-0.25, -0.2) is 0 Å². The van der Waals surface area contributed by atoms with Crippen molar-refractivity contribution in [2.24, 2.45) is 0 Å². The third-order valence-electron chi connectivity index (χ3n) is 5.46. The number of fused-ring (bicyclic) bond motifs is 2. The molecule has 5 rings (SSSR count). The molecule has 4 nitrogen and oxygen atoms in total. The predicted octanol–water partition coefficient (Wildman–Crippen LogP) is 4.28. The van der Waals surface area contributed by atoms with Crippen LogP contribution in [0.1, 0.15) is 33.6 Å². The molecule has 0 unspecified atom stereocenters. The maximum absolute atomic E-state index is 13.3. The molecule has 3 aromatic rings. The van der Waals surface area contributed by atoms with E-state index in [0.29, 0.717) is 24.3 Å². The zero-order valence-electron chi connectivity index (χ0n) is 14.9. The van der Waals surface area contributed by atoms with Gasteiger partial charge in [0.05, 0.1) is 23.8 Å². The number of rotatable bonds is 3. The molecule has 1 saturated heterocycles. The molecule has 27 heavy (non-hydrogen) atoms. The van der Waals surface area contributed by atoms with Crippen molar-refractivity contribution in [2.45, 2.75) is 18.9 Å². The van der Waals surface area contributed by atoms with E-state index in [1.165, 1.54) is 4.90 Å². The average Bonchev–Trinajstić information content (AvgIpc) is 3.30. The largest absolute Gasteiger partial charge is 0.376 e. The lowest BCUT2D eigenvalue weighted by Gasteiger charge is -2.18. The minimum Gasteiger partial charge on any atom is -0.376 e. The van der Waals surface area contributed by atoms with Crippen LogP contribution in [0.3, 0.4) is 0 Å². The molecule has 0 bridgehead atoms. The van der Waals surface area contributed by atoms with Gasteiger partial charge in [0, 0.05) is 12.2 Å². The van der Waals surface area contributed by atoms with E-state index in [-0.39, 0.29) is 17.9 Å². The van der Waals surface area contributed by atoms with Crippen molar-refractivity contribution >= 4 is 22.6 Å². The predicted molar refractivity (Wildman–Crippen MR) is 104 cm³/mol. The van der Waals surface area contributed by atoms with Gasteiger partial charge in [-0.15, -0.1) is 0 Å². The molecule has 0 aromatic heterocycles. The first kappa shape index (κ1) is 16.2. The first-order valence-electron chi connectivity index (χ1n) is 9.33. The minimum atomic E-state index is -0.214. The molecular weight excluding hydrogens is 338 g/mol. The van der Waals surface area contributed by atoms with E-state index >= 15 is 0 Å². The topological polar surface area (TPSA) is 46.6 Å². The Hall–Kier alpha value is -2.98. The quantitative estimate of drug-likeness (QED) is 0.657. The lowest BCUT2D eigenvalue weighted by Crippen LogP contribution is -2.36. The molecule has 2 amide bonds. The van der Waals surface area contributed by atoms with Crippen molar-refractivity contribution in [3.8, 4) is 11.1 Å². The second kappa shape index (κ2) is 6.32. The van der Waals surface area contributed by atoms with Crippen LogP contribution in [0.15, 0.2) is 60.7 Å². The summed E-state index contributed by atoms with van der Waals surface area (Å²) in [5.41, 5.74) is 2.81. The summed E-state index contributed by atoms with van der Waals surface area (Å²) in [7, 11) is 0. The number of hydrogen-bond acceptors (Lipinski definition) is 3. The van der Waals surface area contributed by atoms with E-state index in [1.54, 1.807) is 0 Å². The first-order valence-corrected chi connectivity index (χ1v) is 9.33. The summed E-state index contributed by atoms with van der Waals surface area (Å²) in [6.07, 6.45) is 1.82. The van der Waals surface area contributed by atoms with Gasteiger partial charge in [-0.2, -0.15) is 0 Å². The highest BCUT2D eigenvalue weighted by atomic mass is 16.5. The van der Waals surface area contributed by atoms with Gasteiger partial charge < -0.3 is 4.74 Å². The van der Waals surface area contributed by atoms with Crippen molar-refractivity contribution in [1.29, 1.82) is 0 Å². The maximum atomic E-state index is 13.3. The van der Waals surface area contributed by atoms with Crippen LogP contribution in [0.2, 0.25) is 0 Å². The summed E-state index contributed by atoms with van der Waals surface area (Å²) in [6, 6.07) is 19.6. The van der Waals surface area contributed by atoms with Crippen molar-refractivity contribution < 1.29 is 14.3 Å². The molecule has 1 atom stereocenters. The Morgan fingerprint density at radius 1 is 0.926 bits per heavy atom. The van der Waals surface area contributed by atoms with Crippen LogP contribution in [-0.2, 0) is 4.74 Å². The Labute approximate surface area is 157 Å². The Morgan fingerprint density at radius 2 is 1.70 bits per heavy atom. The number of benzene rings is 3. The number of nitrogens with zero attached hydrogens (tertiary/aromatic N) is 1. The second-order valence-corrected chi connectivity index (χ2v) is 7.12. The minimum absolute atomic E-state index is 0.0539. The van der Waals surface area contributed by atoms with Gasteiger partial charge in [0.1, 0.15) is 0 Å². The number of carbonyl (C=O) groups is 2. The highest BCUT2D eigenvalue weighted by Crippen LogP contribution is 2.39. The Bertz CT molecular complexity index is 1050. The molecule has 0 N–H and O–H groups in total. The van der Waals surface area contributed by atoms with Crippen LogP contribution < -0.4 is 0 Å². The summed E-state index contributed by atoms with van der Waals surface area (Å²) >= 11 is 0. The second-order valence-electron chi connectivity index (χ2n) is 7.12. The van der Waals surface area contributed by atoms with Gasteiger partial charge in [-0.1, -0.05) is 54.6 Å². The van der Waals surface area contributed by atoms with E-state index in [9.17, 15) is 9.59 Å². The van der Waals surface area contributed by atoms with Crippen molar-refractivity contribution in [1.82, 2.24) is 4.90 Å². The highest BCUT2D eigenvalue weighted by Gasteiger charge is 2.40. The van der Waals surface area contributed by atoms with E-state index in [2.05, 4.69) is 0 Å². The highest BCUT2D eigenvalue weighted by molar-refractivity contribution is 6.27. The SMILES string of the molecule is O=C1c2cc3ccccc3c(-c3ccccc3)c2C(=O)N1C[C@@H]1CCCO1. The van der Waals surface area contributed by atoms with Crippen LogP contribution >= 0.6 is 0 Å². The molecule has 2 aliphatic heterocycles. The van der Waals surface area contributed by atoms with Gasteiger partial charge in [0.2, 0.25) is 0 Å².